The minimum absolute atomic E-state index is 0.625. The maximum atomic E-state index is 6.04. The van der Waals surface area contributed by atoms with Crippen molar-refractivity contribution in [1.82, 2.24) is 0 Å². The normalized spacial score (nSPS) is 15.2. The Morgan fingerprint density at radius 1 is 1.44 bits per heavy atom. The van der Waals surface area contributed by atoms with Crippen LogP contribution in [0.3, 0.4) is 0 Å². The van der Waals surface area contributed by atoms with Gasteiger partial charge in [-0.1, -0.05) is 11.6 Å². The summed E-state index contributed by atoms with van der Waals surface area (Å²) >= 11 is 6.04. The molecule has 16 heavy (non-hydrogen) atoms. The number of hydrogen-bond donors (Lipinski definition) is 1. The largest absolute Gasteiger partial charge is 0.493 e. The molecule has 88 valence electrons. The number of benzene rings is 1. The van der Waals surface area contributed by atoms with Crippen LogP contribution in [0, 0.1) is 12.8 Å². The molecule has 2 rings (SSSR count). The first-order valence-electron chi connectivity index (χ1n) is 5.82. The van der Waals surface area contributed by atoms with E-state index >= 15 is 0 Å². The van der Waals surface area contributed by atoms with Crippen LogP contribution in [-0.4, -0.2) is 13.2 Å². The van der Waals surface area contributed by atoms with Gasteiger partial charge in [0.15, 0.2) is 0 Å². The van der Waals surface area contributed by atoms with E-state index in [2.05, 4.69) is 0 Å². The van der Waals surface area contributed by atoms with E-state index in [0.29, 0.717) is 6.54 Å². The predicted octanol–water partition coefficient (Wildman–Crippen LogP) is 2.94. The Hall–Kier alpha value is -0.730. The molecule has 1 aliphatic carbocycles. The summed E-state index contributed by atoms with van der Waals surface area (Å²) in [7, 11) is 0. The zero-order valence-corrected chi connectivity index (χ0v) is 10.4. The van der Waals surface area contributed by atoms with Crippen molar-refractivity contribution in [3.8, 4) is 5.75 Å². The number of hydrogen-bond acceptors (Lipinski definition) is 2. The van der Waals surface area contributed by atoms with Crippen LogP contribution >= 0.6 is 11.6 Å². The summed E-state index contributed by atoms with van der Waals surface area (Å²) < 4.78 is 5.89. The van der Waals surface area contributed by atoms with Gasteiger partial charge in [0.25, 0.3) is 0 Å². The maximum absolute atomic E-state index is 6.04. The highest BCUT2D eigenvalue weighted by Crippen LogP contribution is 2.33. The van der Waals surface area contributed by atoms with Gasteiger partial charge in [-0.15, -0.1) is 0 Å². The lowest BCUT2D eigenvalue weighted by Gasteiger charge is -2.14. The summed E-state index contributed by atoms with van der Waals surface area (Å²) in [6.45, 7) is 3.49. The Balaban J connectivity index is 2.16. The smallest absolute Gasteiger partial charge is 0.125 e. The summed E-state index contributed by atoms with van der Waals surface area (Å²) in [4.78, 5) is 0. The average Bonchev–Trinajstić information content (AvgIpc) is 3.00. The Morgan fingerprint density at radius 3 is 2.81 bits per heavy atom. The third kappa shape index (κ3) is 2.89. The quantitative estimate of drug-likeness (QED) is 0.858. The lowest BCUT2D eigenvalue weighted by molar-refractivity contribution is 0.295. The summed E-state index contributed by atoms with van der Waals surface area (Å²) in [6.07, 6.45) is 3.43. The second kappa shape index (κ2) is 5.07. The summed E-state index contributed by atoms with van der Waals surface area (Å²) in [5, 5.41) is 0.764. The topological polar surface area (TPSA) is 35.2 Å². The van der Waals surface area contributed by atoms with Crippen LogP contribution in [0.1, 0.15) is 24.0 Å². The van der Waals surface area contributed by atoms with E-state index in [0.717, 1.165) is 40.8 Å². The number of ether oxygens (including phenoxy) is 1. The van der Waals surface area contributed by atoms with Crippen molar-refractivity contribution in [2.75, 3.05) is 13.2 Å². The SMILES string of the molecule is Cc1cc(Cl)cc(CCN)c1OCC1CC1. The van der Waals surface area contributed by atoms with Crippen LogP contribution in [0.25, 0.3) is 0 Å². The minimum Gasteiger partial charge on any atom is -0.493 e. The van der Waals surface area contributed by atoms with Crippen molar-refractivity contribution in [3.05, 3.63) is 28.3 Å². The Labute approximate surface area is 102 Å². The Morgan fingerprint density at radius 2 is 2.19 bits per heavy atom. The van der Waals surface area contributed by atoms with Gasteiger partial charge < -0.3 is 10.5 Å². The zero-order valence-electron chi connectivity index (χ0n) is 9.63. The fraction of sp³-hybridized carbons (Fsp3) is 0.538. The lowest BCUT2D eigenvalue weighted by Crippen LogP contribution is -2.08. The second-order valence-corrected chi connectivity index (χ2v) is 4.94. The number of halogens is 1. The molecule has 0 bridgehead atoms. The molecule has 3 heteroatoms. The highest BCUT2D eigenvalue weighted by atomic mass is 35.5. The molecule has 0 heterocycles. The van der Waals surface area contributed by atoms with Crippen molar-refractivity contribution in [3.63, 3.8) is 0 Å². The molecule has 0 unspecified atom stereocenters. The van der Waals surface area contributed by atoms with Crippen molar-refractivity contribution in [1.29, 1.82) is 0 Å². The van der Waals surface area contributed by atoms with E-state index < -0.39 is 0 Å². The monoisotopic (exact) mass is 239 g/mol. The van der Waals surface area contributed by atoms with Crippen molar-refractivity contribution in [2.45, 2.75) is 26.2 Å². The average molecular weight is 240 g/mol. The molecule has 1 fully saturated rings. The fourth-order valence-electron chi connectivity index (χ4n) is 1.83. The molecule has 1 aromatic carbocycles. The van der Waals surface area contributed by atoms with Crippen molar-refractivity contribution < 1.29 is 4.74 Å². The molecule has 0 radical (unpaired) electrons. The van der Waals surface area contributed by atoms with Crippen molar-refractivity contribution in [2.24, 2.45) is 11.7 Å². The molecule has 1 aromatic rings. The van der Waals surface area contributed by atoms with E-state index in [-0.39, 0.29) is 0 Å². The van der Waals surface area contributed by atoms with Crippen LogP contribution in [-0.2, 0) is 6.42 Å². The number of nitrogens with two attached hydrogens (primary N) is 1. The molecule has 0 atom stereocenters. The molecule has 0 aromatic heterocycles. The van der Waals surface area contributed by atoms with Crippen molar-refractivity contribution >= 4 is 11.6 Å². The molecular weight excluding hydrogens is 222 g/mol. The summed E-state index contributed by atoms with van der Waals surface area (Å²) in [6, 6.07) is 3.91. The highest BCUT2D eigenvalue weighted by Gasteiger charge is 2.22. The van der Waals surface area contributed by atoms with Gasteiger partial charge in [0.2, 0.25) is 0 Å². The molecule has 0 amide bonds. The predicted molar refractivity (Wildman–Crippen MR) is 67.2 cm³/mol. The van der Waals surface area contributed by atoms with Crippen LogP contribution < -0.4 is 10.5 Å². The Kier molecular flexibility index (Phi) is 3.72. The summed E-state index contributed by atoms with van der Waals surface area (Å²) in [5.41, 5.74) is 7.84. The van der Waals surface area contributed by atoms with Gasteiger partial charge in [-0.3, -0.25) is 0 Å². The molecule has 0 aliphatic heterocycles. The standard InChI is InChI=1S/C13H18ClNO/c1-9-6-12(14)7-11(4-5-15)13(9)16-8-10-2-3-10/h6-7,10H,2-5,8,15H2,1H3. The van der Waals surface area contributed by atoms with Gasteiger partial charge >= 0.3 is 0 Å². The van der Waals surface area contributed by atoms with E-state index in [4.69, 9.17) is 22.1 Å². The van der Waals surface area contributed by atoms with E-state index in [1.807, 2.05) is 19.1 Å². The van der Waals surface area contributed by atoms with E-state index in [1.54, 1.807) is 0 Å². The molecule has 1 saturated carbocycles. The molecule has 2 N–H and O–H groups in total. The maximum Gasteiger partial charge on any atom is 0.125 e. The number of rotatable bonds is 5. The van der Waals surface area contributed by atoms with Crippen LogP contribution in [0.5, 0.6) is 5.75 Å². The first-order chi connectivity index (χ1) is 7.70. The fourth-order valence-corrected chi connectivity index (χ4v) is 2.13. The van der Waals surface area contributed by atoms with Crippen LogP contribution in [0.2, 0.25) is 5.02 Å². The van der Waals surface area contributed by atoms with Gasteiger partial charge in [-0.25, -0.2) is 0 Å². The lowest BCUT2D eigenvalue weighted by atomic mass is 10.1. The van der Waals surface area contributed by atoms with E-state index in [9.17, 15) is 0 Å². The van der Waals surface area contributed by atoms with Gasteiger partial charge in [0.05, 0.1) is 6.61 Å². The first kappa shape index (κ1) is 11.7. The van der Waals surface area contributed by atoms with Gasteiger partial charge in [0.1, 0.15) is 5.75 Å². The van der Waals surface area contributed by atoms with E-state index in [1.165, 1.54) is 12.8 Å². The molecule has 0 saturated heterocycles. The molecule has 0 spiro atoms. The van der Waals surface area contributed by atoms with Gasteiger partial charge in [-0.05, 0) is 61.9 Å². The minimum atomic E-state index is 0.625. The van der Waals surface area contributed by atoms with Gasteiger partial charge in [0, 0.05) is 5.02 Å². The highest BCUT2D eigenvalue weighted by molar-refractivity contribution is 6.30. The summed E-state index contributed by atoms with van der Waals surface area (Å²) in [5.74, 6) is 1.75. The second-order valence-electron chi connectivity index (χ2n) is 4.50. The molecule has 2 nitrogen and oxygen atoms in total. The zero-order chi connectivity index (χ0) is 11.5. The number of aryl methyl sites for hydroxylation is 1. The van der Waals surface area contributed by atoms with Crippen LogP contribution in [0.15, 0.2) is 12.1 Å². The third-order valence-corrected chi connectivity index (χ3v) is 3.11. The molecule has 1 aliphatic rings. The third-order valence-electron chi connectivity index (χ3n) is 2.89. The van der Waals surface area contributed by atoms with Crippen LogP contribution in [0.4, 0.5) is 0 Å². The first-order valence-corrected chi connectivity index (χ1v) is 6.20. The van der Waals surface area contributed by atoms with Gasteiger partial charge in [-0.2, -0.15) is 0 Å². The molecular formula is C13H18ClNO. The Bertz CT molecular complexity index is 374.